The van der Waals surface area contributed by atoms with E-state index in [-0.39, 0.29) is 0 Å². The molecule has 14 heavy (non-hydrogen) atoms. The standard InChI is InChI=1S/C12H15NS/c1-2-10-14-12(8-9-13)11-6-4-3-5-7-11/h3-7,12H,2,8,10H2,1H3. The largest absolute Gasteiger partial charge is 0.198 e. The predicted molar refractivity (Wildman–Crippen MR) is 62.2 cm³/mol. The van der Waals surface area contributed by atoms with Gasteiger partial charge in [0.2, 0.25) is 0 Å². The molecule has 1 aromatic carbocycles. The number of thioether (sulfide) groups is 1. The Bertz CT molecular complexity index is 289. The molecule has 0 N–H and O–H groups in total. The quantitative estimate of drug-likeness (QED) is 0.730. The van der Waals surface area contributed by atoms with Crippen LogP contribution in [0.3, 0.4) is 0 Å². The van der Waals surface area contributed by atoms with Crippen molar-refractivity contribution in [2.24, 2.45) is 0 Å². The molecule has 0 bridgehead atoms. The van der Waals surface area contributed by atoms with Crippen molar-refractivity contribution < 1.29 is 0 Å². The van der Waals surface area contributed by atoms with E-state index in [0.717, 1.165) is 5.75 Å². The Labute approximate surface area is 90.1 Å². The van der Waals surface area contributed by atoms with Crippen molar-refractivity contribution in [3.8, 4) is 6.07 Å². The topological polar surface area (TPSA) is 23.8 Å². The molecule has 1 nitrogen and oxygen atoms in total. The molecule has 1 rings (SSSR count). The molecule has 0 heterocycles. The van der Waals surface area contributed by atoms with Crippen molar-refractivity contribution in [1.82, 2.24) is 0 Å². The number of nitrogens with zero attached hydrogens (tertiary/aromatic N) is 1. The normalized spacial score (nSPS) is 12.0. The predicted octanol–water partition coefficient (Wildman–Crippen LogP) is 3.78. The van der Waals surface area contributed by atoms with Crippen LogP contribution >= 0.6 is 11.8 Å². The van der Waals surface area contributed by atoms with E-state index in [1.165, 1.54) is 12.0 Å². The molecule has 1 aromatic rings. The Hall–Kier alpha value is -0.940. The Morgan fingerprint density at radius 1 is 1.36 bits per heavy atom. The Morgan fingerprint density at radius 2 is 2.07 bits per heavy atom. The molecular formula is C12H15NS. The summed E-state index contributed by atoms with van der Waals surface area (Å²) in [4.78, 5) is 0. The van der Waals surface area contributed by atoms with Gasteiger partial charge in [-0.05, 0) is 17.7 Å². The first-order chi connectivity index (χ1) is 6.88. The van der Waals surface area contributed by atoms with E-state index < -0.39 is 0 Å². The Kier molecular flexibility index (Phi) is 5.17. The maximum Gasteiger partial charge on any atom is 0.0636 e. The van der Waals surface area contributed by atoms with Crippen molar-refractivity contribution in [3.05, 3.63) is 35.9 Å². The summed E-state index contributed by atoms with van der Waals surface area (Å²) in [5.74, 6) is 1.13. The first kappa shape index (κ1) is 11.1. The van der Waals surface area contributed by atoms with Gasteiger partial charge in [0.15, 0.2) is 0 Å². The van der Waals surface area contributed by atoms with Gasteiger partial charge in [0.05, 0.1) is 12.5 Å². The fourth-order valence-electron chi connectivity index (χ4n) is 1.28. The maximum atomic E-state index is 8.73. The summed E-state index contributed by atoms with van der Waals surface area (Å²) in [5.41, 5.74) is 1.27. The van der Waals surface area contributed by atoms with E-state index in [9.17, 15) is 0 Å². The van der Waals surface area contributed by atoms with Gasteiger partial charge in [0.25, 0.3) is 0 Å². The van der Waals surface area contributed by atoms with Crippen molar-refractivity contribution in [2.75, 3.05) is 5.75 Å². The Morgan fingerprint density at radius 3 is 2.64 bits per heavy atom. The minimum absolute atomic E-state index is 0.348. The third-order valence-electron chi connectivity index (χ3n) is 1.97. The Balaban J connectivity index is 2.63. The highest BCUT2D eigenvalue weighted by atomic mass is 32.2. The molecule has 0 fully saturated rings. The summed E-state index contributed by atoms with van der Waals surface area (Å²) in [5, 5.41) is 9.08. The lowest BCUT2D eigenvalue weighted by molar-refractivity contribution is 0.970. The van der Waals surface area contributed by atoms with Crippen LogP contribution < -0.4 is 0 Å². The first-order valence-corrected chi connectivity index (χ1v) is 5.97. The van der Waals surface area contributed by atoms with Gasteiger partial charge in [0.1, 0.15) is 0 Å². The molecule has 0 aliphatic rings. The molecule has 0 radical (unpaired) electrons. The van der Waals surface area contributed by atoms with Gasteiger partial charge in [-0.2, -0.15) is 17.0 Å². The van der Waals surface area contributed by atoms with Crippen LogP contribution in [0, 0.1) is 11.3 Å². The molecule has 0 saturated carbocycles. The summed E-state index contributed by atoms with van der Waals surface area (Å²) in [6.07, 6.45) is 1.77. The van der Waals surface area contributed by atoms with E-state index in [2.05, 4.69) is 25.1 Å². The number of nitriles is 1. The minimum atomic E-state index is 0.348. The zero-order valence-electron chi connectivity index (χ0n) is 8.44. The molecule has 0 amide bonds. The molecular weight excluding hydrogens is 190 g/mol. The number of rotatable bonds is 5. The lowest BCUT2D eigenvalue weighted by atomic mass is 10.1. The van der Waals surface area contributed by atoms with E-state index in [4.69, 9.17) is 5.26 Å². The lowest BCUT2D eigenvalue weighted by Crippen LogP contribution is -1.93. The summed E-state index contributed by atoms with van der Waals surface area (Å²) in [7, 11) is 0. The maximum absolute atomic E-state index is 8.73. The summed E-state index contributed by atoms with van der Waals surface area (Å²) in [6, 6.07) is 12.5. The molecule has 1 atom stereocenters. The fraction of sp³-hybridized carbons (Fsp3) is 0.417. The number of benzene rings is 1. The first-order valence-electron chi connectivity index (χ1n) is 4.92. The molecule has 0 aromatic heterocycles. The van der Waals surface area contributed by atoms with Crippen molar-refractivity contribution in [1.29, 1.82) is 5.26 Å². The molecule has 1 unspecified atom stereocenters. The van der Waals surface area contributed by atoms with E-state index in [0.29, 0.717) is 11.7 Å². The van der Waals surface area contributed by atoms with Crippen molar-refractivity contribution in [3.63, 3.8) is 0 Å². The highest BCUT2D eigenvalue weighted by Crippen LogP contribution is 2.31. The SMILES string of the molecule is CCCSC(CC#N)c1ccccc1. The van der Waals surface area contributed by atoms with Crippen molar-refractivity contribution >= 4 is 11.8 Å². The molecule has 0 spiro atoms. The third kappa shape index (κ3) is 3.43. The molecule has 0 aliphatic carbocycles. The van der Waals surface area contributed by atoms with Gasteiger partial charge in [-0.3, -0.25) is 0 Å². The van der Waals surface area contributed by atoms with Crippen LogP contribution in [0.5, 0.6) is 0 Å². The fourth-order valence-corrected chi connectivity index (χ4v) is 2.35. The summed E-state index contributed by atoms with van der Waals surface area (Å²) < 4.78 is 0. The average Bonchev–Trinajstić information content (AvgIpc) is 2.25. The van der Waals surface area contributed by atoms with Gasteiger partial charge in [-0.25, -0.2) is 0 Å². The minimum Gasteiger partial charge on any atom is -0.198 e. The van der Waals surface area contributed by atoms with E-state index in [1.54, 1.807) is 0 Å². The van der Waals surface area contributed by atoms with Crippen LogP contribution in [0.15, 0.2) is 30.3 Å². The number of hydrogen-bond acceptors (Lipinski definition) is 2. The second-order valence-corrected chi connectivity index (χ2v) is 4.44. The summed E-state index contributed by atoms with van der Waals surface area (Å²) in [6.45, 7) is 2.17. The summed E-state index contributed by atoms with van der Waals surface area (Å²) >= 11 is 1.88. The van der Waals surface area contributed by atoms with Crippen LogP contribution in [-0.4, -0.2) is 5.75 Å². The second kappa shape index (κ2) is 6.50. The van der Waals surface area contributed by atoms with Crippen LogP contribution in [-0.2, 0) is 0 Å². The van der Waals surface area contributed by atoms with Gasteiger partial charge >= 0.3 is 0 Å². The van der Waals surface area contributed by atoms with Crippen LogP contribution in [0.2, 0.25) is 0 Å². The zero-order chi connectivity index (χ0) is 10.2. The van der Waals surface area contributed by atoms with Crippen molar-refractivity contribution in [2.45, 2.75) is 25.0 Å². The van der Waals surface area contributed by atoms with Gasteiger partial charge in [-0.1, -0.05) is 37.3 Å². The molecule has 74 valence electrons. The van der Waals surface area contributed by atoms with E-state index in [1.807, 2.05) is 30.0 Å². The third-order valence-corrected chi connectivity index (χ3v) is 3.46. The van der Waals surface area contributed by atoms with Gasteiger partial charge < -0.3 is 0 Å². The van der Waals surface area contributed by atoms with Gasteiger partial charge in [0, 0.05) is 5.25 Å². The second-order valence-electron chi connectivity index (χ2n) is 3.13. The van der Waals surface area contributed by atoms with Crippen LogP contribution in [0.1, 0.15) is 30.6 Å². The molecule has 0 aliphatic heterocycles. The highest BCUT2D eigenvalue weighted by molar-refractivity contribution is 7.99. The average molecular weight is 205 g/mol. The highest BCUT2D eigenvalue weighted by Gasteiger charge is 2.09. The molecule has 2 heteroatoms. The van der Waals surface area contributed by atoms with Crippen LogP contribution in [0.4, 0.5) is 0 Å². The zero-order valence-corrected chi connectivity index (χ0v) is 9.26. The van der Waals surface area contributed by atoms with Gasteiger partial charge in [-0.15, -0.1) is 0 Å². The smallest absolute Gasteiger partial charge is 0.0636 e. The van der Waals surface area contributed by atoms with Crippen LogP contribution in [0.25, 0.3) is 0 Å². The monoisotopic (exact) mass is 205 g/mol. The number of hydrogen-bond donors (Lipinski definition) is 0. The van der Waals surface area contributed by atoms with E-state index >= 15 is 0 Å². The lowest BCUT2D eigenvalue weighted by Gasteiger charge is -2.12. The molecule has 0 saturated heterocycles.